The third-order valence-electron chi connectivity index (χ3n) is 4.53. The molecular formula is C15H16F5N. The van der Waals surface area contributed by atoms with E-state index in [0.717, 1.165) is 12.1 Å². The molecule has 1 saturated heterocycles. The van der Waals surface area contributed by atoms with Gasteiger partial charge in [0.2, 0.25) is 0 Å². The van der Waals surface area contributed by atoms with Crippen molar-refractivity contribution in [2.24, 2.45) is 5.41 Å². The minimum absolute atomic E-state index is 0.0842. The van der Waals surface area contributed by atoms with Gasteiger partial charge in [-0.15, -0.1) is 0 Å². The van der Waals surface area contributed by atoms with Gasteiger partial charge in [0.25, 0.3) is 5.92 Å². The lowest BCUT2D eigenvalue weighted by Crippen LogP contribution is -2.38. The van der Waals surface area contributed by atoms with Crippen molar-refractivity contribution in [3.8, 4) is 0 Å². The molecule has 0 aromatic heterocycles. The molecule has 1 aromatic carbocycles. The molecule has 1 aromatic rings. The highest BCUT2D eigenvalue weighted by molar-refractivity contribution is 5.26. The molecule has 2 fully saturated rings. The average Bonchev–Trinajstić information content (AvgIpc) is 2.88. The van der Waals surface area contributed by atoms with Gasteiger partial charge >= 0.3 is 6.18 Å². The Morgan fingerprint density at radius 2 is 1.90 bits per heavy atom. The van der Waals surface area contributed by atoms with Crippen LogP contribution in [0.3, 0.4) is 0 Å². The van der Waals surface area contributed by atoms with Crippen molar-refractivity contribution in [2.75, 3.05) is 13.1 Å². The van der Waals surface area contributed by atoms with Gasteiger partial charge in [-0.05, 0) is 31.0 Å². The SMILES string of the molecule is FC(F)(F)c1cccc(CN2CCCC3(C2)CC3(F)F)c1. The van der Waals surface area contributed by atoms with Gasteiger partial charge < -0.3 is 0 Å². The summed E-state index contributed by atoms with van der Waals surface area (Å²) in [7, 11) is 0. The minimum Gasteiger partial charge on any atom is -0.298 e. The zero-order valence-electron chi connectivity index (χ0n) is 11.4. The van der Waals surface area contributed by atoms with Crippen molar-refractivity contribution < 1.29 is 22.0 Å². The predicted molar refractivity (Wildman–Crippen MR) is 68.0 cm³/mol. The molecule has 0 amide bonds. The van der Waals surface area contributed by atoms with Crippen LogP contribution >= 0.6 is 0 Å². The molecule has 1 atom stereocenters. The molecule has 0 bridgehead atoms. The second-order valence-electron chi connectivity index (χ2n) is 6.17. The number of piperidine rings is 1. The van der Waals surface area contributed by atoms with Crippen LogP contribution in [0.5, 0.6) is 0 Å². The lowest BCUT2D eigenvalue weighted by atomic mass is 9.94. The van der Waals surface area contributed by atoms with Crippen LogP contribution in [0.2, 0.25) is 0 Å². The zero-order chi connectivity index (χ0) is 15.3. The van der Waals surface area contributed by atoms with E-state index in [4.69, 9.17) is 0 Å². The maximum absolute atomic E-state index is 13.4. The molecule has 1 nitrogen and oxygen atoms in total. The fourth-order valence-corrected chi connectivity index (χ4v) is 3.29. The first-order valence-electron chi connectivity index (χ1n) is 6.98. The Labute approximate surface area is 119 Å². The summed E-state index contributed by atoms with van der Waals surface area (Å²) in [5.74, 6) is -2.60. The van der Waals surface area contributed by atoms with E-state index >= 15 is 0 Å². The van der Waals surface area contributed by atoms with E-state index < -0.39 is 23.1 Å². The number of hydrogen-bond donors (Lipinski definition) is 0. The Morgan fingerprint density at radius 1 is 1.19 bits per heavy atom. The van der Waals surface area contributed by atoms with E-state index in [1.165, 1.54) is 6.07 Å². The van der Waals surface area contributed by atoms with Crippen LogP contribution in [0.4, 0.5) is 22.0 Å². The molecule has 1 aliphatic carbocycles. The van der Waals surface area contributed by atoms with Crippen LogP contribution in [0.15, 0.2) is 24.3 Å². The van der Waals surface area contributed by atoms with Gasteiger partial charge in [-0.1, -0.05) is 18.2 Å². The predicted octanol–water partition coefficient (Wildman–Crippen LogP) is 4.33. The molecular weight excluding hydrogens is 289 g/mol. The Kier molecular flexibility index (Phi) is 3.28. The molecule has 1 aliphatic heterocycles. The summed E-state index contributed by atoms with van der Waals surface area (Å²) in [6.45, 7) is 1.23. The Balaban J connectivity index is 1.70. The molecule has 6 heteroatoms. The lowest BCUT2D eigenvalue weighted by molar-refractivity contribution is -0.137. The second-order valence-corrected chi connectivity index (χ2v) is 6.17. The second kappa shape index (κ2) is 4.66. The monoisotopic (exact) mass is 305 g/mol. The highest BCUT2D eigenvalue weighted by atomic mass is 19.4. The Hall–Kier alpha value is -1.17. The van der Waals surface area contributed by atoms with Gasteiger partial charge in [0.1, 0.15) is 0 Å². The number of rotatable bonds is 2. The smallest absolute Gasteiger partial charge is 0.298 e. The van der Waals surface area contributed by atoms with Gasteiger partial charge in [-0.25, -0.2) is 8.78 Å². The van der Waals surface area contributed by atoms with E-state index in [0.29, 0.717) is 31.5 Å². The summed E-state index contributed by atoms with van der Waals surface area (Å²) in [5.41, 5.74) is -1.10. The van der Waals surface area contributed by atoms with E-state index in [1.807, 2.05) is 4.90 Å². The number of benzene rings is 1. The zero-order valence-corrected chi connectivity index (χ0v) is 11.4. The standard InChI is InChI=1S/C15H16F5N/c16-14(17)9-13(14)5-2-6-21(10-13)8-11-3-1-4-12(7-11)15(18,19)20/h1,3-4,7H,2,5-6,8-10H2. The van der Waals surface area contributed by atoms with E-state index in [2.05, 4.69) is 0 Å². The fourth-order valence-electron chi connectivity index (χ4n) is 3.29. The number of hydrogen-bond acceptors (Lipinski definition) is 1. The maximum atomic E-state index is 13.4. The average molecular weight is 305 g/mol. The molecule has 0 N–H and O–H groups in total. The molecule has 116 valence electrons. The quantitative estimate of drug-likeness (QED) is 0.735. The maximum Gasteiger partial charge on any atom is 0.416 e. The minimum atomic E-state index is -4.37. The van der Waals surface area contributed by atoms with Crippen LogP contribution in [-0.4, -0.2) is 23.9 Å². The summed E-state index contributed by atoms with van der Waals surface area (Å²) >= 11 is 0. The van der Waals surface area contributed by atoms with Crippen molar-refractivity contribution in [3.05, 3.63) is 35.4 Å². The Bertz CT molecular complexity index is 539. The molecule has 1 unspecified atom stereocenters. The number of nitrogens with zero attached hydrogens (tertiary/aromatic N) is 1. The van der Waals surface area contributed by atoms with Gasteiger partial charge in [0.05, 0.1) is 11.0 Å². The highest BCUT2D eigenvalue weighted by Crippen LogP contribution is 2.64. The molecule has 3 rings (SSSR count). The van der Waals surface area contributed by atoms with E-state index in [9.17, 15) is 22.0 Å². The number of halogens is 5. The third kappa shape index (κ3) is 2.78. The largest absolute Gasteiger partial charge is 0.416 e. The van der Waals surface area contributed by atoms with Gasteiger partial charge in [-0.2, -0.15) is 13.2 Å². The van der Waals surface area contributed by atoms with Crippen molar-refractivity contribution in [2.45, 2.75) is 37.9 Å². The van der Waals surface area contributed by atoms with Crippen molar-refractivity contribution in [3.63, 3.8) is 0 Å². The third-order valence-corrected chi connectivity index (χ3v) is 4.53. The molecule has 1 heterocycles. The summed E-state index contributed by atoms with van der Waals surface area (Å²) in [5, 5.41) is 0. The Morgan fingerprint density at radius 3 is 2.52 bits per heavy atom. The first-order chi connectivity index (χ1) is 9.72. The van der Waals surface area contributed by atoms with Crippen molar-refractivity contribution >= 4 is 0 Å². The fraction of sp³-hybridized carbons (Fsp3) is 0.600. The van der Waals surface area contributed by atoms with Crippen LogP contribution < -0.4 is 0 Å². The summed E-state index contributed by atoms with van der Waals surface area (Å²) < 4.78 is 64.9. The first kappa shape index (κ1) is 14.8. The van der Waals surface area contributed by atoms with Crippen molar-refractivity contribution in [1.29, 1.82) is 0 Å². The van der Waals surface area contributed by atoms with Crippen LogP contribution in [0, 0.1) is 5.41 Å². The molecule has 2 aliphatic rings. The van der Waals surface area contributed by atoms with Crippen LogP contribution in [-0.2, 0) is 12.7 Å². The summed E-state index contributed by atoms with van der Waals surface area (Å²) in [6, 6.07) is 5.10. The topological polar surface area (TPSA) is 3.24 Å². The molecule has 1 saturated carbocycles. The van der Waals surface area contributed by atoms with Crippen LogP contribution in [0.1, 0.15) is 30.4 Å². The summed E-state index contributed by atoms with van der Waals surface area (Å²) in [6.07, 6.45) is -3.27. The number of alkyl halides is 5. The molecule has 21 heavy (non-hydrogen) atoms. The van der Waals surface area contributed by atoms with E-state index in [-0.39, 0.29) is 13.0 Å². The molecule has 0 radical (unpaired) electrons. The van der Waals surface area contributed by atoms with E-state index in [1.54, 1.807) is 6.07 Å². The van der Waals surface area contributed by atoms with Crippen molar-refractivity contribution in [1.82, 2.24) is 4.90 Å². The first-order valence-corrected chi connectivity index (χ1v) is 6.98. The van der Waals surface area contributed by atoms with Gasteiger partial charge in [0.15, 0.2) is 0 Å². The van der Waals surface area contributed by atoms with Crippen LogP contribution in [0.25, 0.3) is 0 Å². The lowest BCUT2D eigenvalue weighted by Gasteiger charge is -2.33. The molecule has 1 spiro atoms. The van der Waals surface area contributed by atoms with Gasteiger partial charge in [-0.3, -0.25) is 4.90 Å². The summed E-state index contributed by atoms with van der Waals surface area (Å²) in [4.78, 5) is 1.85. The number of likely N-dealkylation sites (tertiary alicyclic amines) is 1. The van der Waals surface area contributed by atoms with Gasteiger partial charge in [0, 0.05) is 19.5 Å². The highest BCUT2D eigenvalue weighted by Gasteiger charge is 2.71. The normalized spacial score (nSPS) is 28.8.